The molecule has 454 valence electrons. The minimum absolute atomic E-state index is 0.0906. The molecule has 11 nitrogen and oxygen atoms in total. The number of phosphoric ester groups is 1. The molecule has 0 amide bonds. The van der Waals surface area contributed by atoms with Crippen molar-refractivity contribution in [3.05, 3.63) is 134 Å². The van der Waals surface area contributed by atoms with E-state index in [0.717, 1.165) is 135 Å². The smallest absolute Gasteiger partial charge is 0.462 e. The van der Waals surface area contributed by atoms with Gasteiger partial charge in [0.2, 0.25) is 0 Å². The summed E-state index contributed by atoms with van der Waals surface area (Å²) in [6.45, 7) is 4.30. The average molecular weight is 1140 g/mol. The molecule has 0 aliphatic rings. The van der Waals surface area contributed by atoms with Gasteiger partial charge in [-0.3, -0.25) is 23.4 Å². The summed E-state index contributed by atoms with van der Waals surface area (Å²) < 4.78 is 39.6. The Morgan fingerprint density at radius 1 is 0.362 bits per heavy atom. The summed E-state index contributed by atoms with van der Waals surface area (Å²) in [5.41, 5.74) is 0. The number of phosphoric acid groups is 1. The van der Waals surface area contributed by atoms with Crippen LogP contribution >= 0.6 is 7.82 Å². The summed E-state index contributed by atoms with van der Waals surface area (Å²) in [5.74, 6) is -1.56. The predicted molar refractivity (Wildman–Crippen MR) is 334 cm³/mol. The number of hydrogen-bond acceptors (Lipinski definition) is 10. The standard InChI is InChI=1S/C68H111O11P/c1-4-7-10-13-16-19-22-25-28-31-32-35-38-41-44-47-50-53-56-59-68(72)79-65(61-75-66(70)57-54-51-48-45-42-39-36-33-29-26-23-20-17-14-11-8-5-2)63-77-80(73,74)76-62-64(60-69)78-67(71)58-55-52-49-46-43-40-37-34-30-27-24-21-18-15-12-9-6-3/h8-9,11-12,16-21,25-30,32,35,37,40,46,49,64-65,69H,4-7,10,13-15,22-24,31,33-34,36,38-39,41-45,47-48,50-63H2,1-3H3,(H,73,74)/b11-8-,12-9-,19-16-,20-17-,21-18-,28-25-,29-26-,30-27-,35-32-,40-37-,49-46-. The number of esters is 3. The maximum absolute atomic E-state index is 13.0. The van der Waals surface area contributed by atoms with Crippen LogP contribution in [0, 0.1) is 0 Å². The first-order valence-electron chi connectivity index (χ1n) is 31.1. The lowest BCUT2D eigenvalue weighted by Crippen LogP contribution is -2.30. The predicted octanol–water partition coefficient (Wildman–Crippen LogP) is 18.9. The maximum atomic E-state index is 13.0. The first-order chi connectivity index (χ1) is 39.2. The molecular formula is C68H111O11P. The zero-order chi connectivity index (χ0) is 58.3. The molecule has 0 spiro atoms. The van der Waals surface area contributed by atoms with Crippen molar-refractivity contribution in [3.63, 3.8) is 0 Å². The van der Waals surface area contributed by atoms with Crippen molar-refractivity contribution in [2.24, 2.45) is 0 Å². The monoisotopic (exact) mass is 1130 g/mol. The fourth-order valence-corrected chi connectivity index (χ4v) is 8.67. The quantitative estimate of drug-likeness (QED) is 0.0197. The van der Waals surface area contributed by atoms with Crippen LogP contribution in [0.5, 0.6) is 0 Å². The van der Waals surface area contributed by atoms with Crippen molar-refractivity contribution in [1.82, 2.24) is 0 Å². The Balaban J connectivity index is 4.83. The van der Waals surface area contributed by atoms with Gasteiger partial charge in [-0.15, -0.1) is 0 Å². The third-order valence-corrected chi connectivity index (χ3v) is 13.5. The van der Waals surface area contributed by atoms with Gasteiger partial charge in [-0.25, -0.2) is 4.57 Å². The Morgan fingerprint density at radius 3 is 1.05 bits per heavy atom. The van der Waals surface area contributed by atoms with Gasteiger partial charge in [0, 0.05) is 19.3 Å². The van der Waals surface area contributed by atoms with Crippen molar-refractivity contribution in [3.8, 4) is 0 Å². The number of hydrogen-bond donors (Lipinski definition) is 2. The second-order valence-corrected chi connectivity index (χ2v) is 21.6. The molecule has 0 aromatic rings. The third kappa shape index (κ3) is 58.3. The lowest BCUT2D eigenvalue weighted by Gasteiger charge is -2.21. The number of allylic oxidation sites excluding steroid dienone is 22. The Kier molecular flexibility index (Phi) is 57.4. The third-order valence-electron chi connectivity index (χ3n) is 12.5. The number of carbonyl (C=O) groups excluding carboxylic acids is 3. The minimum Gasteiger partial charge on any atom is -0.462 e. The van der Waals surface area contributed by atoms with Gasteiger partial charge in [0.25, 0.3) is 0 Å². The summed E-state index contributed by atoms with van der Waals surface area (Å²) in [6.07, 6.45) is 76.9. The molecule has 3 unspecified atom stereocenters. The highest BCUT2D eigenvalue weighted by molar-refractivity contribution is 7.47. The van der Waals surface area contributed by atoms with E-state index in [1.54, 1.807) is 0 Å². The van der Waals surface area contributed by atoms with Crippen LogP contribution < -0.4 is 0 Å². The summed E-state index contributed by atoms with van der Waals surface area (Å²) in [6, 6.07) is 0. The second-order valence-electron chi connectivity index (χ2n) is 20.1. The van der Waals surface area contributed by atoms with Gasteiger partial charge in [0.15, 0.2) is 6.10 Å². The first kappa shape index (κ1) is 75.6. The van der Waals surface area contributed by atoms with E-state index in [1.807, 2.05) is 12.2 Å². The van der Waals surface area contributed by atoms with E-state index >= 15 is 0 Å². The van der Waals surface area contributed by atoms with Gasteiger partial charge in [0.1, 0.15) is 12.7 Å². The highest BCUT2D eigenvalue weighted by Crippen LogP contribution is 2.43. The molecule has 0 radical (unpaired) electrons. The van der Waals surface area contributed by atoms with E-state index in [0.29, 0.717) is 25.7 Å². The van der Waals surface area contributed by atoms with Crippen molar-refractivity contribution in [2.45, 2.75) is 251 Å². The number of carbonyl (C=O) groups is 3. The molecule has 2 N–H and O–H groups in total. The molecule has 0 aliphatic heterocycles. The van der Waals surface area contributed by atoms with Crippen molar-refractivity contribution in [1.29, 1.82) is 0 Å². The van der Waals surface area contributed by atoms with E-state index in [4.69, 9.17) is 23.3 Å². The Morgan fingerprint density at radius 2 is 0.662 bits per heavy atom. The molecular weight excluding hydrogens is 1020 g/mol. The number of unbranched alkanes of at least 4 members (excludes halogenated alkanes) is 17. The van der Waals surface area contributed by atoms with E-state index in [9.17, 15) is 28.9 Å². The number of aliphatic hydroxyl groups is 1. The molecule has 0 bridgehead atoms. The molecule has 0 aliphatic carbocycles. The SMILES string of the molecule is CC/C=C\C/C=C\C/C=C\C/C=C\C/C=C\CCCC(=O)OC(CO)COP(=O)(O)OCC(COC(=O)CCCCCCCCC/C=C\C/C=C\C/C=C\CC)OC(=O)CCCCCCCC/C=C\C/C=C\C/C=C\CCCCC. The summed E-state index contributed by atoms with van der Waals surface area (Å²) in [4.78, 5) is 48.7. The molecule has 80 heavy (non-hydrogen) atoms. The number of rotatable bonds is 56. The fraction of sp³-hybridized carbons (Fsp3) is 0.632. The Labute approximate surface area is 487 Å². The van der Waals surface area contributed by atoms with Crippen molar-refractivity contribution in [2.75, 3.05) is 26.4 Å². The van der Waals surface area contributed by atoms with E-state index in [1.165, 1.54) is 38.5 Å². The van der Waals surface area contributed by atoms with Gasteiger partial charge >= 0.3 is 25.7 Å². The van der Waals surface area contributed by atoms with Gasteiger partial charge < -0.3 is 24.2 Å². The summed E-state index contributed by atoms with van der Waals surface area (Å²) >= 11 is 0. The molecule has 0 heterocycles. The first-order valence-corrected chi connectivity index (χ1v) is 32.6. The van der Waals surface area contributed by atoms with Gasteiger partial charge in [-0.2, -0.15) is 0 Å². The van der Waals surface area contributed by atoms with Gasteiger partial charge in [-0.05, 0) is 128 Å². The van der Waals surface area contributed by atoms with Gasteiger partial charge in [-0.1, -0.05) is 225 Å². The lowest BCUT2D eigenvalue weighted by atomic mass is 10.1. The highest BCUT2D eigenvalue weighted by Gasteiger charge is 2.28. The largest absolute Gasteiger partial charge is 0.472 e. The van der Waals surface area contributed by atoms with E-state index < -0.39 is 57.8 Å². The lowest BCUT2D eigenvalue weighted by molar-refractivity contribution is -0.161. The Bertz CT molecular complexity index is 1850. The molecule has 0 aromatic heterocycles. The molecule has 3 atom stereocenters. The molecule has 0 rings (SSSR count). The van der Waals surface area contributed by atoms with Crippen LogP contribution in [0.4, 0.5) is 0 Å². The van der Waals surface area contributed by atoms with E-state index in [2.05, 4.69) is 142 Å². The van der Waals surface area contributed by atoms with Gasteiger partial charge in [0.05, 0.1) is 19.8 Å². The highest BCUT2D eigenvalue weighted by atomic mass is 31.2. The van der Waals surface area contributed by atoms with Crippen LogP contribution in [0.2, 0.25) is 0 Å². The van der Waals surface area contributed by atoms with Crippen LogP contribution in [-0.2, 0) is 42.2 Å². The van der Waals surface area contributed by atoms with Crippen LogP contribution in [0.25, 0.3) is 0 Å². The fourth-order valence-electron chi connectivity index (χ4n) is 7.88. The van der Waals surface area contributed by atoms with Crippen molar-refractivity contribution >= 4 is 25.7 Å². The second kappa shape index (κ2) is 60.7. The van der Waals surface area contributed by atoms with Crippen LogP contribution in [0.15, 0.2) is 134 Å². The van der Waals surface area contributed by atoms with Crippen LogP contribution in [-0.4, -0.2) is 66.5 Å². The van der Waals surface area contributed by atoms with Crippen LogP contribution in [0.3, 0.4) is 0 Å². The van der Waals surface area contributed by atoms with Crippen molar-refractivity contribution < 1.29 is 52.2 Å². The topological polar surface area (TPSA) is 155 Å². The minimum atomic E-state index is -4.78. The van der Waals surface area contributed by atoms with Crippen LogP contribution in [0.1, 0.15) is 239 Å². The number of aliphatic hydroxyl groups excluding tert-OH is 1. The zero-order valence-electron chi connectivity index (χ0n) is 50.2. The molecule has 0 fully saturated rings. The molecule has 0 saturated carbocycles. The summed E-state index contributed by atoms with van der Waals surface area (Å²) in [5, 5.41) is 9.84. The summed E-state index contributed by atoms with van der Waals surface area (Å²) in [7, 11) is -4.78. The average Bonchev–Trinajstić information content (AvgIpc) is 3.45. The zero-order valence-corrected chi connectivity index (χ0v) is 51.1. The molecule has 12 heteroatoms. The number of ether oxygens (including phenoxy) is 3. The van der Waals surface area contributed by atoms with E-state index in [-0.39, 0.29) is 25.9 Å². The molecule has 0 aromatic carbocycles. The molecule has 0 saturated heterocycles. The maximum Gasteiger partial charge on any atom is 0.472 e. The Hall–Kier alpha value is -4.38. The normalized spacial score (nSPS) is 14.2.